The van der Waals surface area contributed by atoms with Crippen LogP contribution in [0.15, 0.2) is 24.3 Å². The first-order chi connectivity index (χ1) is 8.53. The van der Waals surface area contributed by atoms with Crippen LogP contribution in [0.5, 0.6) is 0 Å². The van der Waals surface area contributed by atoms with Crippen molar-refractivity contribution < 1.29 is 9.90 Å². The van der Waals surface area contributed by atoms with Gasteiger partial charge < -0.3 is 15.3 Å². The van der Waals surface area contributed by atoms with Gasteiger partial charge in [-0.15, -0.1) is 0 Å². The van der Waals surface area contributed by atoms with Gasteiger partial charge in [0, 0.05) is 25.9 Å². The third-order valence-corrected chi connectivity index (χ3v) is 3.53. The Labute approximate surface area is 108 Å². The van der Waals surface area contributed by atoms with Crippen molar-refractivity contribution >= 4 is 5.97 Å². The van der Waals surface area contributed by atoms with E-state index in [2.05, 4.69) is 5.32 Å². The van der Waals surface area contributed by atoms with Crippen LogP contribution in [0.2, 0.25) is 0 Å². The smallest absolute Gasteiger partial charge is 0.324 e. The molecule has 98 valence electrons. The second-order valence-corrected chi connectivity index (χ2v) is 5.24. The summed E-state index contributed by atoms with van der Waals surface area (Å²) >= 11 is 0. The SMILES string of the molecule is CN(C)CCNC1(C(=O)O)Cc2ccccc2C1. The molecule has 0 radical (unpaired) electrons. The Morgan fingerprint density at radius 3 is 2.33 bits per heavy atom. The Kier molecular flexibility index (Phi) is 3.68. The summed E-state index contributed by atoms with van der Waals surface area (Å²) in [6.45, 7) is 1.53. The van der Waals surface area contributed by atoms with E-state index in [-0.39, 0.29) is 0 Å². The molecule has 0 amide bonds. The number of benzene rings is 1. The van der Waals surface area contributed by atoms with Crippen LogP contribution in [0.1, 0.15) is 11.1 Å². The summed E-state index contributed by atoms with van der Waals surface area (Å²) in [6.07, 6.45) is 1.15. The summed E-state index contributed by atoms with van der Waals surface area (Å²) in [5.41, 5.74) is 1.48. The fourth-order valence-corrected chi connectivity index (χ4v) is 2.49. The minimum Gasteiger partial charge on any atom is -0.480 e. The Bertz CT molecular complexity index is 418. The maximum absolute atomic E-state index is 11.6. The molecule has 0 saturated carbocycles. The van der Waals surface area contributed by atoms with E-state index in [0.29, 0.717) is 19.4 Å². The van der Waals surface area contributed by atoms with Crippen molar-refractivity contribution in [3.8, 4) is 0 Å². The molecule has 2 N–H and O–H groups in total. The fraction of sp³-hybridized carbons (Fsp3) is 0.500. The van der Waals surface area contributed by atoms with Crippen molar-refractivity contribution in [2.45, 2.75) is 18.4 Å². The van der Waals surface area contributed by atoms with E-state index in [1.54, 1.807) is 0 Å². The van der Waals surface area contributed by atoms with Crippen LogP contribution in [0.3, 0.4) is 0 Å². The highest BCUT2D eigenvalue weighted by atomic mass is 16.4. The molecule has 0 heterocycles. The molecule has 0 aromatic heterocycles. The third kappa shape index (κ3) is 2.54. The molecule has 0 atom stereocenters. The van der Waals surface area contributed by atoms with Gasteiger partial charge in [0.15, 0.2) is 0 Å². The zero-order valence-corrected chi connectivity index (χ0v) is 10.9. The molecule has 2 rings (SSSR count). The Hall–Kier alpha value is -1.39. The van der Waals surface area contributed by atoms with Crippen molar-refractivity contribution in [2.75, 3.05) is 27.2 Å². The number of carbonyl (C=O) groups is 1. The van der Waals surface area contributed by atoms with Crippen molar-refractivity contribution in [3.05, 3.63) is 35.4 Å². The van der Waals surface area contributed by atoms with E-state index < -0.39 is 11.5 Å². The molecular weight excluding hydrogens is 228 g/mol. The van der Waals surface area contributed by atoms with Gasteiger partial charge in [0.2, 0.25) is 0 Å². The molecule has 1 aliphatic carbocycles. The first-order valence-electron chi connectivity index (χ1n) is 6.23. The predicted molar refractivity (Wildman–Crippen MR) is 70.8 cm³/mol. The average molecular weight is 248 g/mol. The molecule has 0 saturated heterocycles. The van der Waals surface area contributed by atoms with Crippen LogP contribution >= 0.6 is 0 Å². The van der Waals surface area contributed by atoms with Gasteiger partial charge in [-0.2, -0.15) is 0 Å². The van der Waals surface area contributed by atoms with Gasteiger partial charge in [-0.3, -0.25) is 4.79 Å². The summed E-state index contributed by atoms with van der Waals surface area (Å²) in [4.78, 5) is 13.6. The maximum Gasteiger partial charge on any atom is 0.324 e. The Balaban J connectivity index is 2.10. The van der Waals surface area contributed by atoms with Crippen LogP contribution in [0.4, 0.5) is 0 Å². The molecule has 0 spiro atoms. The number of aliphatic carboxylic acids is 1. The average Bonchev–Trinajstić information content (AvgIpc) is 2.68. The summed E-state index contributed by atoms with van der Waals surface area (Å²) in [5.74, 6) is -0.752. The van der Waals surface area contributed by atoms with E-state index in [4.69, 9.17) is 0 Å². The van der Waals surface area contributed by atoms with E-state index >= 15 is 0 Å². The van der Waals surface area contributed by atoms with Gasteiger partial charge in [0.05, 0.1) is 0 Å². The maximum atomic E-state index is 11.6. The lowest BCUT2D eigenvalue weighted by molar-refractivity contribution is -0.144. The van der Waals surface area contributed by atoms with Gasteiger partial charge in [-0.1, -0.05) is 24.3 Å². The van der Waals surface area contributed by atoms with E-state index in [9.17, 15) is 9.90 Å². The number of nitrogens with one attached hydrogen (secondary N) is 1. The zero-order valence-electron chi connectivity index (χ0n) is 10.9. The normalized spacial score (nSPS) is 16.8. The molecule has 0 aliphatic heterocycles. The molecule has 4 heteroatoms. The lowest BCUT2D eigenvalue weighted by Crippen LogP contribution is -2.54. The van der Waals surface area contributed by atoms with Crippen molar-refractivity contribution in [2.24, 2.45) is 0 Å². The minimum atomic E-state index is -0.820. The number of nitrogens with zero attached hydrogens (tertiary/aromatic N) is 1. The predicted octanol–water partition coefficient (Wildman–Crippen LogP) is 0.760. The molecule has 1 aromatic rings. The summed E-state index contributed by atoms with van der Waals surface area (Å²) in [6, 6.07) is 7.98. The molecule has 4 nitrogen and oxygen atoms in total. The number of likely N-dealkylation sites (N-methyl/N-ethyl adjacent to an activating group) is 1. The second-order valence-electron chi connectivity index (χ2n) is 5.24. The van der Waals surface area contributed by atoms with Crippen molar-refractivity contribution in [3.63, 3.8) is 0 Å². The summed E-state index contributed by atoms with van der Waals surface area (Å²) in [5, 5.41) is 12.8. The van der Waals surface area contributed by atoms with E-state index in [0.717, 1.165) is 17.7 Å². The zero-order chi connectivity index (χ0) is 13.2. The van der Waals surface area contributed by atoms with Gasteiger partial charge in [-0.25, -0.2) is 0 Å². The second kappa shape index (κ2) is 5.08. The molecule has 0 fully saturated rings. The van der Waals surface area contributed by atoms with Gasteiger partial charge in [0.1, 0.15) is 5.54 Å². The van der Waals surface area contributed by atoms with Crippen LogP contribution < -0.4 is 5.32 Å². The highest BCUT2D eigenvalue weighted by Gasteiger charge is 2.43. The molecule has 0 unspecified atom stereocenters. The summed E-state index contributed by atoms with van der Waals surface area (Å²) in [7, 11) is 3.97. The van der Waals surface area contributed by atoms with Gasteiger partial charge >= 0.3 is 5.97 Å². The third-order valence-electron chi connectivity index (χ3n) is 3.53. The highest BCUT2D eigenvalue weighted by Crippen LogP contribution is 2.30. The van der Waals surface area contributed by atoms with E-state index in [1.807, 2.05) is 43.3 Å². The minimum absolute atomic E-state index is 0.575. The molecule has 0 bridgehead atoms. The topological polar surface area (TPSA) is 52.6 Å². The lowest BCUT2D eigenvalue weighted by Gasteiger charge is -2.26. The monoisotopic (exact) mass is 248 g/mol. The highest BCUT2D eigenvalue weighted by molar-refractivity contribution is 5.81. The van der Waals surface area contributed by atoms with Crippen molar-refractivity contribution in [1.29, 1.82) is 0 Å². The van der Waals surface area contributed by atoms with Crippen LogP contribution in [-0.2, 0) is 17.6 Å². The van der Waals surface area contributed by atoms with Crippen LogP contribution in [0.25, 0.3) is 0 Å². The molecule has 1 aliphatic rings. The first-order valence-corrected chi connectivity index (χ1v) is 6.23. The number of hydrogen-bond donors (Lipinski definition) is 2. The number of hydrogen-bond acceptors (Lipinski definition) is 3. The number of carboxylic acid groups (broad SMARTS) is 1. The first kappa shape index (κ1) is 13.1. The van der Waals surface area contributed by atoms with Crippen LogP contribution in [-0.4, -0.2) is 48.7 Å². The largest absolute Gasteiger partial charge is 0.480 e. The summed E-state index contributed by atoms with van der Waals surface area (Å²) < 4.78 is 0. The standard InChI is InChI=1S/C14H20N2O2/c1-16(2)8-7-15-14(13(17)18)9-11-5-3-4-6-12(11)10-14/h3-6,15H,7-10H2,1-2H3,(H,17,18). The lowest BCUT2D eigenvalue weighted by atomic mass is 9.96. The van der Waals surface area contributed by atoms with Crippen LogP contribution in [0, 0.1) is 0 Å². The molecule has 1 aromatic carbocycles. The molecular formula is C14H20N2O2. The molecule has 18 heavy (non-hydrogen) atoms. The number of carboxylic acids is 1. The number of fused-ring (bicyclic) bond motifs is 1. The number of rotatable bonds is 5. The van der Waals surface area contributed by atoms with E-state index in [1.165, 1.54) is 0 Å². The Morgan fingerprint density at radius 1 is 1.33 bits per heavy atom. The van der Waals surface area contributed by atoms with Gasteiger partial charge in [-0.05, 0) is 25.2 Å². The quantitative estimate of drug-likeness (QED) is 0.808. The Morgan fingerprint density at radius 2 is 1.89 bits per heavy atom. The van der Waals surface area contributed by atoms with Crippen molar-refractivity contribution in [1.82, 2.24) is 10.2 Å². The van der Waals surface area contributed by atoms with Gasteiger partial charge in [0.25, 0.3) is 0 Å². The fourth-order valence-electron chi connectivity index (χ4n) is 2.49.